The van der Waals surface area contributed by atoms with Crippen LogP contribution in [0, 0.1) is 12.7 Å². The summed E-state index contributed by atoms with van der Waals surface area (Å²) >= 11 is 9.49. The molecular formula is C16H16BrClFN. The molecule has 0 aliphatic carbocycles. The average molecular weight is 357 g/mol. The Morgan fingerprint density at radius 1 is 1.25 bits per heavy atom. The lowest BCUT2D eigenvalue weighted by Gasteiger charge is -2.16. The first-order valence-corrected chi connectivity index (χ1v) is 7.58. The van der Waals surface area contributed by atoms with E-state index in [0.29, 0.717) is 17.1 Å². The van der Waals surface area contributed by atoms with Gasteiger partial charge in [-0.1, -0.05) is 39.7 Å². The zero-order chi connectivity index (χ0) is 14.7. The molecule has 2 aromatic rings. The Bertz CT molecular complexity index is 615. The lowest BCUT2D eigenvalue weighted by molar-refractivity contribution is 0.562. The van der Waals surface area contributed by atoms with Crippen LogP contribution in [-0.4, -0.2) is 0 Å². The smallest absolute Gasteiger partial charge is 0.126 e. The number of aryl methyl sites for hydroxylation is 1. The van der Waals surface area contributed by atoms with Crippen LogP contribution in [0.25, 0.3) is 0 Å². The summed E-state index contributed by atoms with van der Waals surface area (Å²) in [5.41, 5.74) is 2.68. The predicted molar refractivity (Wildman–Crippen MR) is 85.5 cm³/mol. The van der Waals surface area contributed by atoms with Crippen LogP contribution >= 0.6 is 27.5 Å². The lowest BCUT2D eigenvalue weighted by atomic mass is 10.1. The third-order valence-electron chi connectivity index (χ3n) is 3.30. The maximum atomic E-state index is 13.6. The minimum Gasteiger partial charge on any atom is -0.306 e. The van der Waals surface area contributed by atoms with Gasteiger partial charge in [-0.25, -0.2) is 4.39 Å². The molecule has 2 rings (SSSR count). The molecule has 4 heteroatoms. The minimum absolute atomic E-state index is 0.0657. The summed E-state index contributed by atoms with van der Waals surface area (Å²) in [6, 6.07) is 11.1. The first kappa shape index (κ1) is 15.5. The standard InChI is InChI=1S/C16H16BrClFN/c1-10-3-4-12(8-16(10)19)11(2)20-9-13-7-14(18)5-6-15(13)17/h3-8,11,20H,9H2,1-2H3. The van der Waals surface area contributed by atoms with Crippen molar-refractivity contribution in [1.29, 1.82) is 0 Å². The quantitative estimate of drug-likeness (QED) is 0.773. The Morgan fingerprint density at radius 2 is 2.00 bits per heavy atom. The highest BCUT2D eigenvalue weighted by molar-refractivity contribution is 9.10. The van der Waals surface area contributed by atoms with Gasteiger partial charge in [0, 0.05) is 22.1 Å². The maximum Gasteiger partial charge on any atom is 0.126 e. The molecule has 1 atom stereocenters. The van der Waals surface area contributed by atoms with Gasteiger partial charge in [-0.15, -0.1) is 0 Å². The van der Waals surface area contributed by atoms with Crippen LogP contribution in [0.4, 0.5) is 4.39 Å². The molecule has 0 bridgehead atoms. The highest BCUT2D eigenvalue weighted by Crippen LogP contribution is 2.22. The fraction of sp³-hybridized carbons (Fsp3) is 0.250. The second-order valence-electron chi connectivity index (χ2n) is 4.85. The first-order valence-electron chi connectivity index (χ1n) is 6.40. The van der Waals surface area contributed by atoms with Crippen LogP contribution in [0.1, 0.15) is 29.7 Å². The Kier molecular flexibility index (Phi) is 5.19. The van der Waals surface area contributed by atoms with E-state index in [1.807, 2.05) is 31.2 Å². The highest BCUT2D eigenvalue weighted by Gasteiger charge is 2.08. The predicted octanol–water partition coefficient (Wildman–Crippen LogP) is 5.40. The number of hydrogen-bond acceptors (Lipinski definition) is 1. The van der Waals surface area contributed by atoms with Crippen LogP contribution in [0.5, 0.6) is 0 Å². The Morgan fingerprint density at radius 3 is 2.70 bits per heavy atom. The van der Waals surface area contributed by atoms with Gasteiger partial charge in [0.05, 0.1) is 0 Å². The van der Waals surface area contributed by atoms with Crippen LogP contribution in [-0.2, 0) is 6.54 Å². The van der Waals surface area contributed by atoms with Gasteiger partial charge < -0.3 is 5.32 Å². The summed E-state index contributed by atoms with van der Waals surface area (Å²) in [5, 5.41) is 4.08. The topological polar surface area (TPSA) is 12.0 Å². The van der Waals surface area contributed by atoms with Crippen LogP contribution in [0.15, 0.2) is 40.9 Å². The van der Waals surface area contributed by atoms with Gasteiger partial charge in [0.25, 0.3) is 0 Å². The molecule has 2 aromatic carbocycles. The lowest BCUT2D eigenvalue weighted by Crippen LogP contribution is -2.18. The Balaban J connectivity index is 2.06. The molecule has 0 aliphatic rings. The zero-order valence-electron chi connectivity index (χ0n) is 11.4. The fourth-order valence-electron chi connectivity index (χ4n) is 1.94. The molecule has 1 unspecified atom stereocenters. The van der Waals surface area contributed by atoms with Gasteiger partial charge in [-0.2, -0.15) is 0 Å². The van der Waals surface area contributed by atoms with Gasteiger partial charge >= 0.3 is 0 Å². The van der Waals surface area contributed by atoms with E-state index in [-0.39, 0.29) is 11.9 Å². The molecule has 0 heterocycles. The maximum absolute atomic E-state index is 13.6. The van der Waals surface area contributed by atoms with E-state index in [4.69, 9.17) is 11.6 Å². The number of hydrogen-bond donors (Lipinski definition) is 1. The van der Waals surface area contributed by atoms with Gasteiger partial charge in [-0.3, -0.25) is 0 Å². The Labute approximate surface area is 132 Å². The molecule has 0 saturated heterocycles. The molecule has 0 aromatic heterocycles. The largest absolute Gasteiger partial charge is 0.306 e. The van der Waals surface area contributed by atoms with E-state index in [0.717, 1.165) is 15.6 Å². The summed E-state index contributed by atoms with van der Waals surface area (Å²) in [7, 11) is 0. The molecule has 1 nitrogen and oxygen atoms in total. The zero-order valence-corrected chi connectivity index (χ0v) is 13.7. The van der Waals surface area contributed by atoms with Crippen molar-refractivity contribution in [2.45, 2.75) is 26.4 Å². The molecule has 0 fully saturated rings. The first-order chi connectivity index (χ1) is 9.47. The monoisotopic (exact) mass is 355 g/mol. The van der Waals surface area contributed by atoms with E-state index in [1.165, 1.54) is 0 Å². The van der Waals surface area contributed by atoms with Gasteiger partial charge in [-0.05, 0) is 54.8 Å². The molecule has 1 N–H and O–H groups in total. The number of rotatable bonds is 4. The minimum atomic E-state index is -0.167. The fourth-order valence-corrected chi connectivity index (χ4v) is 2.52. The molecule has 0 saturated carbocycles. The van der Waals surface area contributed by atoms with E-state index in [9.17, 15) is 4.39 Å². The van der Waals surface area contributed by atoms with Crippen LogP contribution in [0.2, 0.25) is 5.02 Å². The van der Waals surface area contributed by atoms with Crippen LogP contribution < -0.4 is 5.32 Å². The van der Waals surface area contributed by atoms with Crippen molar-refractivity contribution in [1.82, 2.24) is 5.32 Å². The second kappa shape index (κ2) is 6.70. The molecule has 20 heavy (non-hydrogen) atoms. The number of halogens is 3. The molecule has 0 spiro atoms. The van der Waals surface area contributed by atoms with Gasteiger partial charge in [0.15, 0.2) is 0 Å². The summed E-state index contributed by atoms with van der Waals surface area (Å²) in [4.78, 5) is 0. The van der Waals surface area contributed by atoms with Gasteiger partial charge in [0.2, 0.25) is 0 Å². The van der Waals surface area contributed by atoms with Crippen molar-refractivity contribution in [2.24, 2.45) is 0 Å². The van der Waals surface area contributed by atoms with Crippen molar-refractivity contribution >= 4 is 27.5 Å². The summed E-state index contributed by atoms with van der Waals surface area (Å²) < 4.78 is 14.6. The molecule has 0 radical (unpaired) electrons. The SMILES string of the molecule is Cc1ccc(C(C)NCc2cc(Cl)ccc2Br)cc1F. The third kappa shape index (κ3) is 3.81. The third-order valence-corrected chi connectivity index (χ3v) is 4.31. The van der Waals surface area contributed by atoms with Crippen molar-refractivity contribution in [3.8, 4) is 0 Å². The number of benzene rings is 2. The molecule has 106 valence electrons. The molecule has 0 amide bonds. The van der Waals surface area contributed by atoms with Crippen LogP contribution in [0.3, 0.4) is 0 Å². The van der Waals surface area contributed by atoms with E-state index in [2.05, 4.69) is 21.2 Å². The number of nitrogens with one attached hydrogen (secondary N) is 1. The van der Waals surface area contributed by atoms with Crippen molar-refractivity contribution in [3.05, 3.63) is 68.4 Å². The molecule has 0 aliphatic heterocycles. The van der Waals surface area contributed by atoms with Crippen molar-refractivity contribution in [2.75, 3.05) is 0 Å². The van der Waals surface area contributed by atoms with E-state index in [1.54, 1.807) is 19.1 Å². The summed E-state index contributed by atoms with van der Waals surface area (Å²) in [6.45, 7) is 4.45. The average Bonchev–Trinajstić information content (AvgIpc) is 2.42. The normalized spacial score (nSPS) is 12.4. The summed E-state index contributed by atoms with van der Waals surface area (Å²) in [6.07, 6.45) is 0. The highest BCUT2D eigenvalue weighted by atomic mass is 79.9. The second-order valence-corrected chi connectivity index (χ2v) is 6.14. The van der Waals surface area contributed by atoms with E-state index >= 15 is 0 Å². The van der Waals surface area contributed by atoms with Gasteiger partial charge in [0.1, 0.15) is 5.82 Å². The Hall–Kier alpha value is -0.900. The van der Waals surface area contributed by atoms with E-state index < -0.39 is 0 Å². The molecular weight excluding hydrogens is 341 g/mol. The summed E-state index contributed by atoms with van der Waals surface area (Å²) in [5.74, 6) is -0.167. The van der Waals surface area contributed by atoms with Crippen molar-refractivity contribution < 1.29 is 4.39 Å². The van der Waals surface area contributed by atoms with Crippen molar-refractivity contribution in [3.63, 3.8) is 0 Å².